The normalized spacial score (nSPS) is 17.0. The number of aliphatic hydroxyl groups is 1. The predicted molar refractivity (Wildman–Crippen MR) is 101 cm³/mol. The zero-order valence-electron chi connectivity index (χ0n) is 13.4. The summed E-state index contributed by atoms with van der Waals surface area (Å²) in [6.07, 6.45) is 5.08. The molecule has 0 radical (unpaired) electrons. The molecule has 2 aromatic rings. The summed E-state index contributed by atoms with van der Waals surface area (Å²) in [4.78, 5) is 15.2. The summed E-state index contributed by atoms with van der Waals surface area (Å²) in [6, 6.07) is 19.5. The topological polar surface area (TPSA) is 37.3 Å². The minimum Gasteiger partial charge on any atom is -0.385 e. The van der Waals surface area contributed by atoms with Crippen LogP contribution in [0, 0.1) is 0 Å². The van der Waals surface area contributed by atoms with Crippen molar-refractivity contribution >= 4 is 28.6 Å². The third kappa shape index (κ3) is 4.53. The SMILES string of the molecule is O=C(/C=C(\Sc1ccccc1)C1(O)CCCC1)Sc1ccccc1. The monoisotopic (exact) mass is 356 g/mol. The first-order chi connectivity index (χ1) is 11.7. The van der Waals surface area contributed by atoms with Crippen molar-refractivity contribution in [2.24, 2.45) is 0 Å². The molecule has 124 valence electrons. The first-order valence-corrected chi connectivity index (χ1v) is 9.73. The van der Waals surface area contributed by atoms with E-state index in [1.54, 1.807) is 6.08 Å². The smallest absolute Gasteiger partial charge is 0.217 e. The van der Waals surface area contributed by atoms with Crippen LogP contribution in [0.3, 0.4) is 0 Å². The summed E-state index contributed by atoms with van der Waals surface area (Å²) in [5.74, 6) is 0. The van der Waals surface area contributed by atoms with E-state index in [1.165, 1.54) is 23.5 Å². The Morgan fingerprint density at radius 2 is 1.38 bits per heavy atom. The van der Waals surface area contributed by atoms with E-state index < -0.39 is 5.60 Å². The van der Waals surface area contributed by atoms with Crippen LogP contribution in [0.5, 0.6) is 0 Å². The van der Waals surface area contributed by atoms with E-state index in [9.17, 15) is 9.90 Å². The maximum atomic E-state index is 12.5. The molecule has 24 heavy (non-hydrogen) atoms. The van der Waals surface area contributed by atoms with Crippen LogP contribution in [0.15, 0.2) is 81.4 Å². The molecule has 0 heterocycles. The summed E-state index contributed by atoms with van der Waals surface area (Å²) in [7, 11) is 0. The molecule has 2 aromatic carbocycles. The fourth-order valence-corrected chi connectivity index (χ4v) is 4.71. The highest BCUT2D eigenvalue weighted by Gasteiger charge is 2.36. The lowest BCUT2D eigenvalue weighted by atomic mass is 10.0. The molecule has 1 aliphatic carbocycles. The van der Waals surface area contributed by atoms with Crippen LogP contribution < -0.4 is 0 Å². The summed E-state index contributed by atoms with van der Waals surface area (Å²) < 4.78 is 0. The second kappa shape index (κ2) is 8.06. The molecule has 1 aliphatic rings. The largest absolute Gasteiger partial charge is 0.385 e. The second-order valence-electron chi connectivity index (χ2n) is 5.90. The van der Waals surface area contributed by atoms with Crippen molar-refractivity contribution in [1.29, 1.82) is 0 Å². The first-order valence-electron chi connectivity index (χ1n) is 8.10. The number of thioether (sulfide) groups is 2. The zero-order chi connectivity index (χ0) is 16.8. The Kier molecular flexibility index (Phi) is 5.82. The molecule has 1 saturated carbocycles. The number of hydrogen-bond donors (Lipinski definition) is 1. The lowest BCUT2D eigenvalue weighted by Gasteiger charge is -2.25. The Balaban J connectivity index is 1.82. The second-order valence-corrected chi connectivity index (χ2v) is 8.09. The Bertz CT molecular complexity index is 705. The van der Waals surface area contributed by atoms with Gasteiger partial charge in [-0.1, -0.05) is 61.0 Å². The number of carbonyl (C=O) groups excluding carboxylic acids is 1. The van der Waals surface area contributed by atoms with Crippen LogP contribution in [0.4, 0.5) is 0 Å². The Hall–Kier alpha value is -1.49. The maximum absolute atomic E-state index is 12.5. The zero-order valence-corrected chi connectivity index (χ0v) is 15.0. The van der Waals surface area contributed by atoms with Crippen molar-refractivity contribution in [1.82, 2.24) is 0 Å². The molecule has 0 spiro atoms. The lowest BCUT2D eigenvalue weighted by molar-refractivity contribution is -0.107. The molecule has 0 amide bonds. The van der Waals surface area contributed by atoms with Crippen molar-refractivity contribution < 1.29 is 9.90 Å². The van der Waals surface area contributed by atoms with Gasteiger partial charge in [-0.05, 0) is 48.9 Å². The van der Waals surface area contributed by atoms with Crippen LogP contribution in [0.1, 0.15) is 25.7 Å². The van der Waals surface area contributed by atoms with Crippen LogP contribution in [0.2, 0.25) is 0 Å². The van der Waals surface area contributed by atoms with E-state index in [1.807, 2.05) is 60.7 Å². The summed E-state index contributed by atoms with van der Waals surface area (Å²) in [5.41, 5.74) is -0.868. The Labute approximate surface area is 151 Å². The summed E-state index contributed by atoms with van der Waals surface area (Å²) in [6.45, 7) is 0. The molecule has 0 saturated heterocycles. The van der Waals surface area contributed by atoms with Gasteiger partial charge in [0.05, 0.1) is 5.60 Å². The number of benzene rings is 2. The van der Waals surface area contributed by atoms with E-state index in [0.29, 0.717) is 0 Å². The van der Waals surface area contributed by atoms with Gasteiger partial charge in [0, 0.05) is 20.8 Å². The lowest BCUT2D eigenvalue weighted by Crippen LogP contribution is -2.26. The predicted octanol–water partition coefficient (Wildman–Crippen LogP) is 5.29. The van der Waals surface area contributed by atoms with Gasteiger partial charge < -0.3 is 5.11 Å². The van der Waals surface area contributed by atoms with Crippen LogP contribution in [0.25, 0.3) is 0 Å². The number of carbonyl (C=O) groups is 1. The molecule has 0 unspecified atom stereocenters. The number of rotatable bonds is 5. The maximum Gasteiger partial charge on any atom is 0.217 e. The van der Waals surface area contributed by atoms with Gasteiger partial charge in [0.2, 0.25) is 5.12 Å². The highest BCUT2D eigenvalue weighted by atomic mass is 32.2. The van der Waals surface area contributed by atoms with E-state index in [0.717, 1.165) is 40.4 Å². The van der Waals surface area contributed by atoms with Crippen molar-refractivity contribution in [2.75, 3.05) is 0 Å². The summed E-state index contributed by atoms with van der Waals surface area (Å²) in [5, 5.41) is 10.9. The highest BCUT2D eigenvalue weighted by Crippen LogP contribution is 2.44. The molecule has 4 heteroatoms. The summed E-state index contributed by atoms with van der Waals surface area (Å²) >= 11 is 2.70. The van der Waals surface area contributed by atoms with Crippen molar-refractivity contribution in [3.05, 3.63) is 71.6 Å². The number of hydrogen-bond acceptors (Lipinski definition) is 4. The molecule has 0 aliphatic heterocycles. The van der Waals surface area contributed by atoms with E-state index in [-0.39, 0.29) is 5.12 Å². The standard InChI is InChI=1S/C20H20O2S2/c21-19(24-17-11-5-2-6-12-17)15-18(20(22)13-7-8-14-20)23-16-9-3-1-4-10-16/h1-6,9-12,15,22H,7-8,13-14H2/b18-15-. The molecule has 1 fully saturated rings. The van der Waals surface area contributed by atoms with Gasteiger partial charge in [0.25, 0.3) is 0 Å². The van der Waals surface area contributed by atoms with Crippen LogP contribution in [-0.4, -0.2) is 15.8 Å². The molecular formula is C20H20O2S2. The van der Waals surface area contributed by atoms with Crippen LogP contribution >= 0.6 is 23.5 Å². The van der Waals surface area contributed by atoms with Gasteiger partial charge in [-0.15, -0.1) is 0 Å². The molecular weight excluding hydrogens is 336 g/mol. The van der Waals surface area contributed by atoms with Crippen molar-refractivity contribution in [3.63, 3.8) is 0 Å². The Morgan fingerprint density at radius 3 is 1.92 bits per heavy atom. The third-order valence-corrected chi connectivity index (χ3v) is 6.12. The minimum atomic E-state index is -0.868. The quantitative estimate of drug-likeness (QED) is 0.584. The minimum absolute atomic E-state index is 0.0417. The molecule has 0 aromatic heterocycles. The molecule has 1 N–H and O–H groups in total. The highest BCUT2D eigenvalue weighted by molar-refractivity contribution is 8.14. The van der Waals surface area contributed by atoms with E-state index >= 15 is 0 Å². The molecule has 3 rings (SSSR count). The van der Waals surface area contributed by atoms with Gasteiger partial charge in [0.1, 0.15) is 0 Å². The van der Waals surface area contributed by atoms with Crippen molar-refractivity contribution in [2.45, 2.75) is 41.1 Å². The van der Waals surface area contributed by atoms with Crippen molar-refractivity contribution in [3.8, 4) is 0 Å². The van der Waals surface area contributed by atoms with E-state index in [4.69, 9.17) is 0 Å². The van der Waals surface area contributed by atoms with Gasteiger partial charge in [-0.3, -0.25) is 4.79 Å². The molecule has 0 atom stereocenters. The fraction of sp³-hybridized carbons (Fsp3) is 0.250. The molecule has 2 nitrogen and oxygen atoms in total. The van der Waals surface area contributed by atoms with Gasteiger partial charge in [0.15, 0.2) is 0 Å². The van der Waals surface area contributed by atoms with Gasteiger partial charge in [-0.2, -0.15) is 0 Å². The average molecular weight is 357 g/mol. The van der Waals surface area contributed by atoms with E-state index in [2.05, 4.69) is 0 Å². The average Bonchev–Trinajstić information content (AvgIpc) is 3.04. The fourth-order valence-electron chi connectivity index (χ4n) is 2.82. The first kappa shape index (κ1) is 17.3. The van der Waals surface area contributed by atoms with Gasteiger partial charge in [-0.25, -0.2) is 0 Å². The van der Waals surface area contributed by atoms with Crippen LogP contribution in [-0.2, 0) is 4.79 Å². The van der Waals surface area contributed by atoms with Gasteiger partial charge >= 0.3 is 0 Å². The Morgan fingerprint density at radius 1 is 0.875 bits per heavy atom. The third-order valence-electron chi connectivity index (χ3n) is 4.07. The molecule has 0 bridgehead atoms.